The maximum absolute atomic E-state index is 11.2. The molecule has 2 saturated heterocycles. The Labute approximate surface area is 133 Å². The lowest BCUT2D eigenvalue weighted by molar-refractivity contribution is -0.0820. The van der Waals surface area contributed by atoms with Crippen molar-refractivity contribution >= 4 is 0 Å². The number of rotatable bonds is 4. The second-order valence-electron chi connectivity index (χ2n) is 6.93. The van der Waals surface area contributed by atoms with E-state index in [0.717, 1.165) is 29.9 Å². The molecular weight excluding hydrogens is 278 g/mol. The van der Waals surface area contributed by atoms with Gasteiger partial charge in [-0.2, -0.15) is 0 Å². The summed E-state index contributed by atoms with van der Waals surface area (Å²) in [6, 6.07) is 6.93. The van der Waals surface area contributed by atoms with E-state index in [1.807, 2.05) is 18.2 Å². The zero-order valence-corrected chi connectivity index (χ0v) is 13.8. The molecule has 2 bridgehead atoms. The van der Waals surface area contributed by atoms with Gasteiger partial charge < -0.3 is 19.5 Å². The van der Waals surface area contributed by atoms with Crippen LogP contribution in [0.5, 0.6) is 11.5 Å². The summed E-state index contributed by atoms with van der Waals surface area (Å²) in [5.41, 5.74) is 0.473. The Bertz CT molecular complexity index is 495. The van der Waals surface area contributed by atoms with Crippen LogP contribution < -0.4 is 9.47 Å². The number of hydrogen-bond acceptors (Lipinski definition) is 4. The first kappa shape index (κ1) is 15.6. The fraction of sp³-hybridized carbons (Fsp3) is 0.667. The van der Waals surface area contributed by atoms with Crippen molar-refractivity contribution in [1.82, 2.24) is 4.90 Å². The summed E-state index contributed by atoms with van der Waals surface area (Å²) in [5, 5.41) is 11.2. The molecule has 0 amide bonds. The highest BCUT2D eigenvalue weighted by atomic mass is 16.5. The molecular formula is C18H27NO3. The average Bonchev–Trinajstić information content (AvgIpc) is 2.48. The summed E-state index contributed by atoms with van der Waals surface area (Å²) in [7, 11) is 5.53. The molecule has 1 aromatic rings. The van der Waals surface area contributed by atoms with Crippen molar-refractivity contribution in [3.63, 3.8) is 0 Å². The highest BCUT2D eigenvalue weighted by molar-refractivity contribution is 5.39. The third-order valence-electron chi connectivity index (χ3n) is 5.40. The van der Waals surface area contributed by atoms with Gasteiger partial charge in [0.05, 0.1) is 19.8 Å². The average molecular weight is 305 g/mol. The van der Waals surface area contributed by atoms with Gasteiger partial charge in [0.2, 0.25) is 0 Å². The molecule has 22 heavy (non-hydrogen) atoms. The number of methoxy groups -OCH3 is 2. The van der Waals surface area contributed by atoms with Crippen molar-refractivity contribution < 1.29 is 14.6 Å². The minimum absolute atomic E-state index is 0.519. The van der Waals surface area contributed by atoms with Crippen molar-refractivity contribution in [2.75, 3.05) is 21.3 Å². The van der Waals surface area contributed by atoms with Gasteiger partial charge in [-0.1, -0.05) is 6.42 Å². The fourth-order valence-electron chi connectivity index (χ4n) is 4.24. The molecule has 2 aliphatic rings. The van der Waals surface area contributed by atoms with Gasteiger partial charge in [-0.05, 0) is 50.4 Å². The van der Waals surface area contributed by atoms with E-state index in [9.17, 15) is 5.11 Å². The van der Waals surface area contributed by atoms with Crippen LogP contribution in [0.3, 0.4) is 0 Å². The van der Waals surface area contributed by atoms with Crippen LogP contribution in [-0.2, 0) is 6.42 Å². The molecule has 1 N–H and O–H groups in total. The molecule has 122 valence electrons. The largest absolute Gasteiger partial charge is 0.497 e. The molecule has 2 aliphatic heterocycles. The molecule has 2 fully saturated rings. The maximum atomic E-state index is 11.2. The van der Waals surface area contributed by atoms with E-state index in [2.05, 4.69) is 11.9 Å². The first-order valence-electron chi connectivity index (χ1n) is 8.19. The highest BCUT2D eigenvalue weighted by Gasteiger charge is 2.43. The van der Waals surface area contributed by atoms with E-state index in [1.165, 1.54) is 19.3 Å². The van der Waals surface area contributed by atoms with Crippen LogP contribution in [0, 0.1) is 0 Å². The third kappa shape index (κ3) is 3.08. The molecule has 4 heteroatoms. The lowest BCUT2D eigenvalue weighted by Gasteiger charge is -2.50. The molecule has 0 aliphatic carbocycles. The Morgan fingerprint density at radius 1 is 1.09 bits per heavy atom. The van der Waals surface area contributed by atoms with Crippen molar-refractivity contribution in [3.8, 4) is 11.5 Å². The number of piperidine rings is 2. The Hall–Kier alpha value is -1.26. The normalized spacial score (nSPS) is 31.8. The lowest BCUT2D eigenvalue weighted by atomic mass is 9.73. The van der Waals surface area contributed by atoms with Crippen molar-refractivity contribution in [3.05, 3.63) is 23.8 Å². The van der Waals surface area contributed by atoms with Crippen LogP contribution in [0.15, 0.2) is 18.2 Å². The first-order chi connectivity index (χ1) is 10.5. The molecule has 3 rings (SSSR count). The molecule has 1 aromatic carbocycles. The van der Waals surface area contributed by atoms with E-state index in [4.69, 9.17) is 9.47 Å². The van der Waals surface area contributed by atoms with E-state index < -0.39 is 5.60 Å². The van der Waals surface area contributed by atoms with Gasteiger partial charge in [0, 0.05) is 24.6 Å². The predicted molar refractivity (Wildman–Crippen MR) is 86.6 cm³/mol. The standard InChI is InChI=1S/C18H27NO3/c1-19-14-5-4-6-15(19)12-18(20,11-14)10-13-7-16(21-2)9-17(8-13)22-3/h7-9,14-15,20H,4-6,10-12H2,1-3H3. The summed E-state index contributed by atoms with van der Waals surface area (Å²) < 4.78 is 10.7. The fourth-order valence-corrected chi connectivity index (χ4v) is 4.24. The Kier molecular flexibility index (Phi) is 4.33. The van der Waals surface area contributed by atoms with Crippen LogP contribution in [0.1, 0.15) is 37.7 Å². The SMILES string of the molecule is COc1cc(CC2(O)CC3CCCC(C2)N3C)cc(OC)c1. The molecule has 4 nitrogen and oxygen atoms in total. The monoisotopic (exact) mass is 305 g/mol. The van der Waals surface area contributed by atoms with Crippen LogP contribution in [-0.4, -0.2) is 49.0 Å². The summed E-state index contributed by atoms with van der Waals surface area (Å²) in [6.45, 7) is 0. The molecule has 2 unspecified atom stereocenters. The van der Waals surface area contributed by atoms with E-state index >= 15 is 0 Å². The second-order valence-corrected chi connectivity index (χ2v) is 6.93. The number of aliphatic hydroxyl groups is 1. The van der Waals surface area contributed by atoms with E-state index in [-0.39, 0.29) is 0 Å². The highest BCUT2D eigenvalue weighted by Crippen LogP contribution is 2.40. The van der Waals surface area contributed by atoms with Gasteiger partial charge in [0.15, 0.2) is 0 Å². The molecule has 0 saturated carbocycles. The summed E-state index contributed by atoms with van der Waals surface area (Å²) >= 11 is 0. The van der Waals surface area contributed by atoms with E-state index in [1.54, 1.807) is 14.2 Å². The van der Waals surface area contributed by atoms with Gasteiger partial charge in [-0.15, -0.1) is 0 Å². The number of fused-ring (bicyclic) bond motifs is 2. The van der Waals surface area contributed by atoms with Gasteiger partial charge in [-0.25, -0.2) is 0 Å². The van der Waals surface area contributed by atoms with Gasteiger partial charge >= 0.3 is 0 Å². The first-order valence-corrected chi connectivity index (χ1v) is 8.19. The minimum atomic E-state index is -0.611. The van der Waals surface area contributed by atoms with Gasteiger partial charge in [0.1, 0.15) is 11.5 Å². The number of ether oxygens (including phenoxy) is 2. The molecule has 2 atom stereocenters. The van der Waals surface area contributed by atoms with Crippen molar-refractivity contribution in [2.24, 2.45) is 0 Å². The number of nitrogens with zero attached hydrogens (tertiary/aromatic N) is 1. The Balaban J connectivity index is 1.80. The summed E-state index contributed by atoms with van der Waals surface area (Å²) in [4.78, 5) is 2.48. The van der Waals surface area contributed by atoms with Crippen LogP contribution >= 0.6 is 0 Å². The van der Waals surface area contributed by atoms with Crippen LogP contribution in [0.2, 0.25) is 0 Å². The molecule has 0 radical (unpaired) electrons. The van der Waals surface area contributed by atoms with E-state index in [0.29, 0.717) is 18.5 Å². The number of hydrogen-bond donors (Lipinski definition) is 1. The molecule has 0 spiro atoms. The maximum Gasteiger partial charge on any atom is 0.122 e. The number of benzene rings is 1. The molecule has 0 aromatic heterocycles. The van der Waals surface area contributed by atoms with Crippen LogP contribution in [0.4, 0.5) is 0 Å². The molecule has 2 heterocycles. The van der Waals surface area contributed by atoms with Gasteiger partial charge in [-0.3, -0.25) is 0 Å². The zero-order chi connectivity index (χ0) is 15.7. The van der Waals surface area contributed by atoms with Gasteiger partial charge in [0.25, 0.3) is 0 Å². The summed E-state index contributed by atoms with van der Waals surface area (Å²) in [6.07, 6.45) is 6.09. The third-order valence-corrected chi connectivity index (χ3v) is 5.40. The van der Waals surface area contributed by atoms with Crippen molar-refractivity contribution in [1.29, 1.82) is 0 Å². The zero-order valence-electron chi connectivity index (χ0n) is 13.8. The quantitative estimate of drug-likeness (QED) is 0.928. The second kappa shape index (κ2) is 6.09. The Morgan fingerprint density at radius 2 is 1.64 bits per heavy atom. The van der Waals surface area contributed by atoms with Crippen LogP contribution in [0.25, 0.3) is 0 Å². The minimum Gasteiger partial charge on any atom is -0.497 e. The van der Waals surface area contributed by atoms with Crippen molar-refractivity contribution in [2.45, 2.75) is 56.2 Å². The summed E-state index contributed by atoms with van der Waals surface area (Å²) in [5.74, 6) is 1.57. The smallest absolute Gasteiger partial charge is 0.122 e. The Morgan fingerprint density at radius 3 is 2.14 bits per heavy atom. The predicted octanol–water partition coefficient (Wildman–Crippen LogP) is 2.62. The topological polar surface area (TPSA) is 41.9 Å². The lowest BCUT2D eigenvalue weighted by Crippen LogP contribution is -2.57.